The van der Waals surface area contributed by atoms with E-state index in [-0.39, 0.29) is 0 Å². The Morgan fingerprint density at radius 2 is 1.50 bits per heavy atom. The fraction of sp³-hybridized carbons (Fsp3) is 1.00. The van der Waals surface area contributed by atoms with E-state index in [9.17, 15) is 0 Å². The summed E-state index contributed by atoms with van der Waals surface area (Å²) in [5, 5.41) is 0. The van der Waals surface area contributed by atoms with Crippen molar-refractivity contribution in [3.8, 4) is 0 Å². The Labute approximate surface area is 95.3 Å². The van der Waals surface area contributed by atoms with Crippen LogP contribution in [-0.2, 0) is 0 Å². The summed E-state index contributed by atoms with van der Waals surface area (Å²) in [6.07, 6.45) is 6.01. The van der Waals surface area contributed by atoms with Crippen molar-refractivity contribution >= 4 is 16.2 Å². The van der Waals surface area contributed by atoms with E-state index in [2.05, 4.69) is 18.7 Å². The molecule has 0 aliphatic carbocycles. The average Bonchev–Trinajstić information content (AvgIpc) is 2.25. The van der Waals surface area contributed by atoms with Crippen molar-refractivity contribution in [2.75, 3.05) is 19.6 Å². The van der Waals surface area contributed by atoms with E-state index in [0.29, 0.717) is 0 Å². The van der Waals surface area contributed by atoms with Crippen LogP contribution in [-0.4, -0.2) is 40.8 Å². The van der Waals surface area contributed by atoms with Crippen molar-refractivity contribution in [3.05, 3.63) is 0 Å². The fourth-order valence-electron chi connectivity index (χ4n) is 2.52. The maximum absolute atomic E-state index is 2.64. The first-order valence-corrected chi connectivity index (χ1v) is 11.7. The third-order valence-corrected chi connectivity index (χ3v) is 11.3. The molecule has 0 amide bonds. The molecule has 0 bridgehead atoms. The van der Waals surface area contributed by atoms with Gasteiger partial charge in [0.15, 0.2) is 0 Å². The molecule has 1 saturated heterocycles. The monoisotopic (exact) mass is 253 g/mol. The molecule has 0 N–H and O–H groups in total. The van der Waals surface area contributed by atoms with Crippen molar-refractivity contribution in [2.24, 2.45) is 0 Å². The van der Waals surface area contributed by atoms with Crippen molar-refractivity contribution < 1.29 is 0 Å². The Morgan fingerprint density at radius 1 is 0.929 bits per heavy atom. The Kier molecular flexibility index (Phi) is 7.09. The molecule has 0 aromatic rings. The van der Waals surface area contributed by atoms with Crippen LogP contribution in [0.2, 0.25) is 14.9 Å². The van der Waals surface area contributed by atoms with Crippen LogP contribution in [0.25, 0.3) is 0 Å². The minimum atomic E-state index is -0.733. The molecule has 1 rings (SSSR count). The van der Waals surface area contributed by atoms with Gasteiger partial charge in [0.25, 0.3) is 0 Å². The summed E-state index contributed by atoms with van der Waals surface area (Å²) >= 11 is -0.733. The molecule has 0 spiro atoms. The molecule has 0 aromatic carbocycles. The summed E-state index contributed by atoms with van der Waals surface area (Å²) in [7, 11) is 0. The number of rotatable bonds is 2. The van der Waals surface area contributed by atoms with Crippen molar-refractivity contribution in [1.29, 1.82) is 0 Å². The summed E-state index contributed by atoms with van der Waals surface area (Å²) < 4.78 is 0. The topological polar surface area (TPSA) is 3.24 Å². The average molecular weight is 254 g/mol. The van der Waals surface area contributed by atoms with Crippen LogP contribution >= 0.6 is 0 Å². The van der Waals surface area contributed by atoms with Crippen molar-refractivity contribution in [3.63, 3.8) is 0 Å². The number of hydrogen-bond donors (Lipinski definition) is 0. The number of nitrogens with zero attached hydrogens (tertiary/aromatic N) is 1. The predicted molar refractivity (Wildman–Crippen MR) is 66.4 cm³/mol. The number of hydrogen-bond acceptors (Lipinski definition) is 1. The van der Waals surface area contributed by atoms with Crippen LogP contribution in [0.1, 0.15) is 39.5 Å². The van der Waals surface area contributed by atoms with Gasteiger partial charge < -0.3 is 0 Å². The van der Waals surface area contributed by atoms with Gasteiger partial charge in [0, 0.05) is 0 Å². The van der Waals surface area contributed by atoms with Gasteiger partial charge in [-0.2, -0.15) is 0 Å². The van der Waals surface area contributed by atoms with Gasteiger partial charge in [-0.15, -0.1) is 0 Å². The van der Waals surface area contributed by atoms with Gasteiger partial charge in [-0.1, -0.05) is 0 Å². The van der Waals surface area contributed by atoms with Gasteiger partial charge >= 0.3 is 95.2 Å². The van der Waals surface area contributed by atoms with Crippen molar-refractivity contribution in [1.82, 2.24) is 4.90 Å². The summed E-state index contributed by atoms with van der Waals surface area (Å²) in [4.78, 5) is 7.56. The van der Waals surface area contributed by atoms with E-state index >= 15 is 0 Å². The van der Waals surface area contributed by atoms with Crippen LogP contribution in [0.5, 0.6) is 0 Å². The van der Waals surface area contributed by atoms with Crippen LogP contribution in [0.3, 0.4) is 0 Å². The summed E-state index contributed by atoms with van der Waals surface area (Å²) in [5.74, 6) is 0. The van der Waals surface area contributed by atoms with Gasteiger partial charge in [0.2, 0.25) is 0 Å². The molecular weight excluding hydrogens is 228 g/mol. The first kappa shape index (κ1) is 12.7. The second-order valence-corrected chi connectivity index (χ2v) is 12.5. The zero-order chi connectivity index (χ0) is 10.2. The molecule has 1 aliphatic heterocycles. The second-order valence-electron chi connectivity index (χ2n) is 4.70. The van der Waals surface area contributed by atoms with Crippen LogP contribution in [0.4, 0.5) is 0 Å². The molecule has 82 valence electrons. The molecule has 1 heterocycles. The van der Waals surface area contributed by atoms with Crippen LogP contribution in [0.15, 0.2) is 0 Å². The molecule has 1 nitrogen and oxygen atoms in total. The minimum absolute atomic E-state index is 0.733. The summed E-state index contributed by atoms with van der Waals surface area (Å²) in [6, 6.07) is 0. The molecular formula is C12H26GaN. The predicted octanol–water partition coefficient (Wildman–Crippen LogP) is 3.40. The van der Waals surface area contributed by atoms with Gasteiger partial charge in [0.1, 0.15) is 0 Å². The molecule has 0 radical (unpaired) electrons. The molecule has 0 aromatic heterocycles. The van der Waals surface area contributed by atoms with Gasteiger partial charge in [-0.05, 0) is 0 Å². The zero-order valence-electron chi connectivity index (χ0n) is 10.1. The zero-order valence-corrected chi connectivity index (χ0v) is 12.5. The van der Waals surface area contributed by atoms with E-state index in [1.807, 2.05) is 0 Å². The quantitative estimate of drug-likeness (QED) is 0.682. The molecule has 1 fully saturated rings. The normalized spacial score (nSPS) is 22.3. The molecule has 2 heteroatoms. The van der Waals surface area contributed by atoms with Gasteiger partial charge in [-0.25, -0.2) is 0 Å². The Hall–Kier alpha value is 0.596. The molecule has 14 heavy (non-hydrogen) atoms. The van der Waals surface area contributed by atoms with E-state index in [4.69, 9.17) is 0 Å². The maximum atomic E-state index is 2.64. The van der Waals surface area contributed by atoms with Crippen LogP contribution < -0.4 is 0 Å². The second kappa shape index (κ2) is 7.83. The third kappa shape index (κ3) is 4.90. The van der Waals surface area contributed by atoms with Crippen molar-refractivity contribution in [2.45, 2.75) is 54.5 Å². The van der Waals surface area contributed by atoms with E-state index in [1.54, 1.807) is 14.9 Å². The fourth-order valence-corrected chi connectivity index (χ4v) is 8.47. The Bertz CT molecular complexity index is 110. The molecule has 1 aliphatic rings. The van der Waals surface area contributed by atoms with Gasteiger partial charge in [-0.3, -0.25) is 0 Å². The van der Waals surface area contributed by atoms with Gasteiger partial charge in [0.05, 0.1) is 0 Å². The first-order valence-electron chi connectivity index (χ1n) is 6.59. The summed E-state index contributed by atoms with van der Waals surface area (Å²) in [5.41, 5.74) is 0. The SMILES string of the molecule is CCN1CCC[CH2][Ga]([CH2]C)[CH2]CCC1. The summed E-state index contributed by atoms with van der Waals surface area (Å²) in [6.45, 7) is 8.75. The van der Waals surface area contributed by atoms with E-state index in [0.717, 1.165) is 0 Å². The Morgan fingerprint density at radius 3 is 1.93 bits per heavy atom. The third-order valence-electron chi connectivity index (χ3n) is 3.70. The van der Waals surface area contributed by atoms with E-state index in [1.165, 1.54) is 45.3 Å². The molecule has 0 saturated carbocycles. The molecule has 0 atom stereocenters. The van der Waals surface area contributed by atoms with E-state index < -0.39 is 16.2 Å². The van der Waals surface area contributed by atoms with Crippen LogP contribution in [0, 0.1) is 0 Å². The first-order chi connectivity index (χ1) is 6.86. The Balaban J connectivity index is 2.26. The molecule has 0 unspecified atom stereocenters. The standard InChI is InChI=1S/C10H21N.C2H5.Ga/c1-4-7-9-11(6-3)10-8-5-2;1-2;/h1-2,4-10H2,3H3;1H2,2H3;.